The first kappa shape index (κ1) is 14.0. The molecule has 8 heteroatoms. The average Bonchev–Trinajstić information content (AvgIpc) is 3.01. The van der Waals surface area contributed by atoms with Crippen LogP contribution in [0.25, 0.3) is 4.96 Å². The minimum atomic E-state index is -1.12. The molecule has 3 aromatic rings. The number of thiazole rings is 1. The number of carbonyl (C=O) groups is 1. The van der Waals surface area contributed by atoms with Gasteiger partial charge in [0.1, 0.15) is 0 Å². The third-order valence-corrected chi connectivity index (χ3v) is 3.91. The van der Waals surface area contributed by atoms with E-state index in [0.29, 0.717) is 5.69 Å². The fraction of sp³-hybridized carbons (Fsp3) is 0.0769. The van der Waals surface area contributed by atoms with Crippen molar-refractivity contribution in [3.63, 3.8) is 0 Å². The Balaban J connectivity index is 1.74. The maximum atomic E-state index is 13.2. The lowest BCUT2D eigenvalue weighted by molar-refractivity contribution is 0.0950. The molecule has 1 amide bonds. The number of nitrogens with zero attached hydrogens (tertiary/aromatic N) is 2. The number of hydrogen-bond donors (Lipinski definition) is 1. The Morgan fingerprint density at radius 2 is 2.14 bits per heavy atom. The second-order valence-electron chi connectivity index (χ2n) is 4.25. The second kappa shape index (κ2) is 5.42. The molecule has 4 nitrogen and oxygen atoms in total. The Kier molecular flexibility index (Phi) is 3.60. The number of aromatic nitrogens is 2. The third kappa shape index (κ3) is 2.74. The molecule has 0 saturated heterocycles. The zero-order valence-electron chi connectivity index (χ0n) is 10.4. The SMILES string of the molecule is O=C(NCc1cn2ccsc2n1)c1cc(F)c(F)cc1Cl. The van der Waals surface area contributed by atoms with E-state index in [1.54, 1.807) is 6.20 Å². The Bertz CT molecular complexity index is 802. The zero-order chi connectivity index (χ0) is 15.0. The number of nitrogens with one attached hydrogen (secondary N) is 1. The van der Waals surface area contributed by atoms with Crippen LogP contribution >= 0.6 is 22.9 Å². The van der Waals surface area contributed by atoms with Crippen molar-refractivity contribution in [2.45, 2.75) is 6.54 Å². The van der Waals surface area contributed by atoms with Gasteiger partial charge in [-0.1, -0.05) is 11.6 Å². The average molecular weight is 328 g/mol. The van der Waals surface area contributed by atoms with Gasteiger partial charge in [-0.05, 0) is 12.1 Å². The molecule has 2 aromatic heterocycles. The molecule has 0 aliphatic carbocycles. The summed E-state index contributed by atoms with van der Waals surface area (Å²) in [7, 11) is 0. The Hall–Kier alpha value is -1.99. The lowest BCUT2D eigenvalue weighted by Gasteiger charge is -2.06. The Morgan fingerprint density at radius 3 is 2.90 bits per heavy atom. The minimum Gasteiger partial charge on any atom is -0.346 e. The highest BCUT2D eigenvalue weighted by Crippen LogP contribution is 2.20. The van der Waals surface area contributed by atoms with E-state index in [2.05, 4.69) is 10.3 Å². The molecule has 1 N–H and O–H groups in total. The molecule has 0 fully saturated rings. The van der Waals surface area contributed by atoms with Crippen molar-refractivity contribution in [2.75, 3.05) is 0 Å². The van der Waals surface area contributed by atoms with Crippen LogP contribution in [0.2, 0.25) is 5.02 Å². The summed E-state index contributed by atoms with van der Waals surface area (Å²) in [5.41, 5.74) is 0.547. The highest BCUT2D eigenvalue weighted by Gasteiger charge is 2.15. The van der Waals surface area contributed by atoms with Gasteiger partial charge in [0.15, 0.2) is 16.6 Å². The third-order valence-electron chi connectivity index (χ3n) is 2.83. The Labute approximate surface area is 127 Å². The first-order valence-corrected chi connectivity index (χ1v) is 7.14. The van der Waals surface area contributed by atoms with Crippen LogP contribution in [0.15, 0.2) is 29.9 Å². The second-order valence-corrected chi connectivity index (χ2v) is 5.53. The number of carbonyl (C=O) groups excluding carboxylic acids is 1. The molecule has 0 saturated carbocycles. The zero-order valence-corrected chi connectivity index (χ0v) is 12.0. The molecule has 1 aromatic carbocycles. The van der Waals surface area contributed by atoms with Crippen LogP contribution in [0, 0.1) is 11.6 Å². The van der Waals surface area contributed by atoms with Crippen molar-refractivity contribution in [3.8, 4) is 0 Å². The van der Waals surface area contributed by atoms with E-state index in [1.807, 2.05) is 16.0 Å². The predicted octanol–water partition coefficient (Wildman–Crippen LogP) is 3.26. The molecule has 0 bridgehead atoms. The quantitative estimate of drug-likeness (QED) is 0.751. The molecule has 0 aliphatic heterocycles. The number of rotatable bonds is 3. The van der Waals surface area contributed by atoms with E-state index < -0.39 is 17.5 Å². The summed E-state index contributed by atoms with van der Waals surface area (Å²) in [6.45, 7) is 0.169. The summed E-state index contributed by atoms with van der Waals surface area (Å²) < 4.78 is 27.9. The molecular weight excluding hydrogens is 320 g/mol. The molecule has 0 radical (unpaired) electrons. The summed E-state index contributed by atoms with van der Waals surface area (Å²) >= 11 is 7.21. The standard InChI is InChI=1S/C13H8ClF2N3OS/c14-9-4-11(16)10(15)3-8(9)12(20)17-5-7-6-19-1-2-21-13(19)18-7/h1-4,6H,5H2,(H,17,20). The van der Waals surface area contributed by atoms with Crippen LogP contribution in [-0.2, 0) is 6.54 Å². The van der Waals surface area contributed by atoms with Gasteiger partial charge < -0.3 is 5.32 Å². The van der Waals surface area contributed by atoms with Crippen LogP contribution in [0.4, 0.5) is 8.78 Å². The van der Waals surface area contributed by atoms with Gasteiger partial charge in [0.05, 0.1) is 22.8 Å². The van der Waals surface area contributed by atoms with Gasteiger partial charge in [0.25, 0.3) is 5.91 Å². The van der Waals surface area contributed by atoms with Gasteiger partial charge in [-0.15, -0.1) is 11.3 Å². The Morgan fingerprint density at radius 1 is 1.38 bits per heavy atom. The van der Waals surface area contributed by atoms with E-state index in [0.717, 1.165) is 17.1 Å². The number of amides is 1. The number of imidazole rings is 1. The van der Waals surface area contributed by atoms with Crippen LogP contribution in [0.1, 0.15) is 16.1 Å². The molecule has 3 rings (SSSR count). The first-order chi connectivity index (χ1) is 10.0. The van der Waals surface area contributed by atoms with Gasteiger partial charge in [0.2, 0.25) is 0 Å². The first-order valence-electron chi connectivity index (χ1n) is 5.88. The molecule has 0 atom stereocenters. The molecule has 0 aliphatic rings. The maximum Gasteiger partial charge on any atom is 0.253 e. The van der Waals surface area contributed by atoms with Crippen LogP contribution in [0.3, 0.4) is 0 Å². The van der Waals surface area contributed by atoms with E-state index in [4.69, 9.17) is 11.6 Å². The fourth-order valence-electron chi connectivity index (χ4n) is 1.82. The molecule has 0 spiro atoms. The highest BCUT2D eigenvalue weighted by atomic mass is 35.5. The monoisotopic (exact) mass is 327 g/mol. The van der Waals surface area contributed by atoms with Crippen molar-refractivity contribution in [2.24, 2.45) is 0 Å². The van der Waals surface area contributed by atoms with Crippen LogP contribution < -0.4 is 5.32 Å². The predicted molar refractivity (Wildman–Crippen MR) is 75.6 cm³/mol. The summed E-state index contributed by atoms with van der Waals surface area (Å²) in [4.78, 5) is 17.0. The molecular formula is C13H8ClF2N3OS. The van der Waals surface area contributed by atoms with Gasteiger partial charge in [-0.2, -0.15) is 0 Å². The number of fused-ring (bicyclic) bond motifs is 1. The van der Waals surface area contributed by atoms with E-state index in [9.17, 15) is 13.6 Å². The molecule has 2 heterocycles. The molecule has 21 heavy (non-hydrogen) atoms. The number of hydrogen-bond acceptors (Lipinski definition) is 3. The summed E-state index contributed by atoms with van der Waals surface area (Å²) in [5, 5.41) is 4.32. The smallest absolute Gasteiger partial charge is 0.253 e. The van der Waals surface area contributed by atoms with Crippen LogP contribution in [0.5, 0.6) is 0 Å². The van der Waals surface area contributed by atoms with Crippen molar-refractivity contribution < 1.29 is 13.6 Å². The van der Waals surface area contributed by atoms with Gasteiger partial charge >= 0.3 is 0 Å². The number of benzene rings is 1. The van der Waals surface area contributed by atoms with E-state index >= 15 is 0 Å². The van der Waals surface area contributed by atoms with Gasteiger partial charge in [-0.25, -0.2) is 13.8 Å². The van der Waals surface area contributed by atoms with Crippen molar-refractivity contribution >= 4 is 33.8 Å². The largest absolute Gasteiger partial charge is 0.346 e. The minimum absolute atomic E-state index is 0.114. The topological polar surface area (TPSA) is 46.4 Å². The maximum absolute atomic E-state index is 13.2. The van der Waals surface area contributed by atoms with Crippen molar-refractivity contribution in [1.82, 2.24) is 14.7 Å². The summed E-state index contributed by atoms with van der Waals surface area (Å²) in [6.07, 6.45) is 3.63. The lowest BCUT2D eigenvalue weighted by atomic mass is 10.2. The van der Waals surface area contributed by atoms with Crippen molar-refractivity contribution in [1.29, 1.82) is 0 Å². The van der Waals surface area contributed by atoms with Crippen LogP contribution in [-0.4, -0.2) is 15.3 Å². The van der Waals surface area contributed by atoms with Gasteiger partial charge in [-0.3, -0.25) is 9.20 Å². The van der Waals surface area contributed by atoms with E-state index in [1.165, 1.54) is 11.3 Å². The number of halogens is 3. The van der Waals surface area contributed by atoms with Gasteiger partial charge in [0, 0.05) is 17.8 Å². The van der Waals surface area contributed by atoms with Crippen molar-refractivity contribution in [3.05, 3.63) is 57.8 Å². The molecule has 108 valence electrons. The summed E-state index contributed by atoms with van der Waals surface area (Å²) in [5.74, 6) is -2.80. The normalized spacial score (nSPS) is 11.0. The van der Waals surface area contributed by atoms with E-state index in [-0.39, 0.29) is 17.1 Å². The summed E-state index contributed by atoms with van der Waals surface area (Å²) in [6, 6.07) is 1.55. The molecule has 0 unspecified atom stereocenters. The highest BCUT2D eigenvalue weighted by molar-refractivity contribution is 7.15. The lowest BCUT2D eigenvalue weighted by Crippen LogP contribution is -2.23. The fourth-order valence-corrected chi connectivity index (χ4v) is 2.78.